The van der Waals surface area contributed by atoms with Crippen LogP contribution in [0.3, 0.4) is 0 Å². The van der Waals surface area contributed by atoms with Crippen LogP contribution in [-0.4, -0.2) is 78.0 Å². The molecular formula is C29H26BrN9O3. The third-order valence-corrected chi connectivity index (χ3v) is 7.69. The molecule has 1 amide bonds. The summed E-state index contributed by atoms with van der Waals surface area (Å²) in [5.41, 5.74) is 3.79. The standard InChI is InChI=1S/C29H26BrN9O3/c1-18-11-19(4-5-23(18)42-21-6-8-39-25(12-21)32-17-34-39)35-28-27-22(31-16-33-28)13-24-29(36-27)37-9-10-38(20(14-37)15-41-24)26(40)3-2-7-30/h2-6,8,11-13,16-17,20H,7,9-10,14-15H2,1H3,(H,31,33,35)/b3-2+/t20-/m1/s1. The van der Waals surface area contributed by atoms with Gasteiger partial charge in [0.15, 0.2) is 23.0 Å². The average molecular weight is 628 g/mol. The SMILES string of the molecule is Cc1cc(Nc2ncnc3cc4c(nc23)N2CCN(C(=O)/C=C/CBr)[C@@H](CO4)C2)ccc1Oc1ccn2ncnc2c1. The Balaban J connectivity index is 1.13. The molecule has 12 nitrogen and oxygen atoms in total. The predicted molar refractivity (Wildman–Crippen MR) is 161 cm³/mol. The first-order chi connectivity index (χ1) is 20.6. The van der Waals surface area contributed by atoms with Crippen LogP contribution in [-0.2, 0) is 4.79 Å². The number of fused-ring (bicyclic) bond motifs is 6. The third kappa shape index (κ3) is 4.96. The van der Waals surface area contributed by atoms with Crippen LogP contribution in [0.15, 0.2) is 67.4 Å². The zero-order valence-corrected chi connectivity index (χ0v) is 24.2. The summed E-state index contributed by atoms with van der Waals surface area (Å²) in [5, 5.41) is 8.16. The first-order valence-corrected chi connectivity index (χ1v) is 14.6. The van der Waals surface area contributed by atoms with E-state index in [1.165, 1.54) is 12.7 Å². The largest absolute Gasteiger partial charge is 0.487 e. The minimum Gasteiger partial charge on any atom is -0.487 e. The van der Waals surface area contributed by atoms with Crippen molar-refractivity contribution >= 4 is 55.8 Å². The van der Waals surface area contributed by atoms with E-state index in [9.17, 15) is 4.79 Å². The lowest BCUT2D eigenvalue weighted by molar-refractivity contribution is -0.129. The van der Waals surface area contributed by atoms with Crippen LogP contribution in [0.25, 0.3) is 16.7 Å². The second-order valence-electron chi connectivity index (χ2n) is 10.0. The summed E-state index contributed by atoms with van der Waals surface area (Å²) in [4.78, 5) is 34.9. The van der Waals surface area contributed by atoms with Crippen molar-refractivity contribution < 1.29 is 14.3 Å². The summed E-state index contributed by atoms with van der Waals surface area (Å²) in [5.74, 6) is 3.37. The second-order valence-corrected chi connectivity index (χ2v) is 10.7. The van der Waals surface area contributed by atoms with E-state index in [-0.39, 0.29) is 11.9 Å². The Morgan fingerprint density at radius 1 is 1.17 bits per heavy atom. The van der Waals surface area contributed by atoms with Crippen molar-refractivity contribution in [3.8, 4) is 17.2 Å². The maximum atomic E-state index is 12.7. The fourth-order valence-corrected chi connectivity index (χ4v) is 5.44. The number of carbonyl (C=O) groups excluding carboxylic acids is 1. The van der Waals surface area contributed by atoms with Crippen LogP contribution in [0, 0.1) is 6.92 Å². The van der Waals surface area contributed by atoms with Gasteiger partial charge in [-0.1, -0.05) is 22.0 Å². The van der Waals surface area contributed by atoms with E-state index in [1.54, 1.807) is 10.6 Å². The molecule has 5 aromatic rings. The van der Waals surface area contributed by atoms with E-state index in [1.807, 2.05) is 60.5 Å². The molecule has 7 rings (SSSR count). The van der Waals surface area contributed by atoms with Crippen molar-refractivity contribution in [3.05, 3.63) is 73.0 Å². The molecule has 0 aliphatic carbocycles. The van der Waals surface area contributed by atoms with Gasteiger partial charge in [0.25, 0.3) is 0 Å². The summed E-state index contributed by atoms with van der Waals surface area (Å²) in [6.07, 6.45) is 8.25. The molecule has 42 heavy (non-hydrogen) atoms. The number of hydrogen-bond acceptors (Lipinski definition) is 10. The minimum atomic E-state index is -0.0748. The molecule has 1 N–H and O–H groups in total. The van der Waals surface area contributed by atoms with Crippen molar-refractivity contribution in [2.45, 2.75) is 13.0 Å². The first kappa shape index (κ1) is 26.1. The van der Waals surface area contributed by atoms with Crippen molar-refractivity contribution in [2.75, 3.05) is 41.8 Å². The molecule has 0 radical (unpaired) electrons. The number of rotatable bonds is 6. The lowest BCUT2D eigenvalue weighted by Gasteiger charge is -2.39. The lowest BCUT2D eigenvalue weighted by Crippen LogP contribution is -2.56. The van der Waals surface area contributed by atoms with Crippen molar-refractivity contribution in [3.63, 3.8) is 0 Å². The number of pyridine rings is 2. The molecule has 212 valence electrons. The van der Waals surface area contributed by atoms with E-state index in [0.29, 0.717) is 65.6 Å². The molecular weight excluding hydrogens is 602 g/mol. The van der Waals surface area contributed by atoms with Gasteiger partial charge in [-0.2, -0.15) is 5.10 Å². The highest BCUT2D eigenvalue weighted by atomic mass is 79.9. The van der Waals surface area contributed by atoms with Gasteiger partial charge in [0.05, 0.1) is 11.6 Å². The Labute approximate surface area is 249 Å². The maximum Gasteiger partial charge on any atom is 0.246 e. The van der Waals surface area contributed by atoms with Crippen molar-refractivity contribution in [1.82, 2.24) is 34.4 Å². The highest BCUT2D eigenvalue weighted by molar-refractivity contribution is 9.09. The van der Waals surface area contributed by atoms with Crippen molar-refractivity contribution in [2.24, 2.45) is 0 Å². The van der Waals surface area contributed by atoms with Crippen molar-refractivity contribution in [1.29, 1.82) is 0 Å². The maximum absolute atomic E-state index is 12.7. The molecule has 0 spiro atoms. The molecule has 2 bridgehead atoms. The highest BCUT2D eigenvalue weighted by Gasteiger charge is 2.35. The number of aromatic nitrogens is 6. The molecule has 1 fully saturated rings. The van der Waals surface area contributed by atoms with Crippen LogP contribution in [0.4, 0.5) is 17.3 Å². The number of allylic oxidation sites excluding steroid dienone is 1. The second kappa shape index (κ2) is 10.9. The summed E-state index contributed by atoms with van der Waals surface area (Å²) >= 11 is 3.33. The Morgan fingerprint density at radius 2 is 2.10 bits per heavy atom. The zero-order valence-electron chi connectivity index (χ0n) is 22.6. The monoisotopic (exact) mass is 627 g/mol. The number of amides is 1. The van der Waals surface area contributed by atoms with Gasteiger partial charge in [-0.25, -0.2) is 24.5 Å². The van der Waals surface area contributed by atoms with Gasteiger partial charge in [-0.05, 0) is 42.8 Å². The number of carbonyl (C=O) groups is 1. The Bertz CT molecular complexity index is 1840. The molecule has 1 atom stereocenters. The summed E-state index contributed by atoms with van der Waals surface area (Å²) in [7, 11) is 0. The van der Waals surface area contributed by atoms with Gasteiger partial charge in [0.2, 0.25) is 5.91 Å². The van der Waals surface area contributed by atoms with E-state index in [0.717, 1.165) is 22.8 Å². The number of nitrogens with one attached hydrogen (secondary N) is 1. The highest BCUT2D eigenvalue weighted by Crippen LogP contribution is 2.36. The third-order valence-electron chi connectivity index (χ3n) is 7.32. The van der Waals surface area contributed by atoms with Gasteiger partial charge in [-0.3, -0.25) is 4.79 Å². The number of ether oxygens (including phenoxy) is 2. The molecule has 13 heteroatoms. The number of halogens is 1. The molecule has 0 saturated carbocycles. The molecule has 0 unspecified atom stereocenters. The summed E-state index contributed by atoms with van der Waals surface area (Å²) in [6, 6.07) is 11.4. The van der Waals surface area contributed by atoms with Crippen LogP contribution in [0.2, 0.25) is 0 Å². The Morgan fingerprint density at radius 3 is 2.98 bits per heavy atom. The number of hydrogen-bond donors (Lipinski definition) is 1. The molecule has 1 saturated heterocycles. The average Bonchev–Trinajstić information content (AvgIpc) is 3.43. The first-order valence-electron chi connectivity index (χ1n) is 13.5. The van der Waals surface area contributed by atoms with E-state index >= 15 is 0 Å². The number of nitrogens with zero attached hydrogens (tertiary/aromatic N) is 8. The fourth-order valence-electron chi connectivity index (χ4n) is 5.26. The quantitative estimate of drug-likeness (QED) is 0.216. The number of aryl methyl sites for hydroxylation is 1. The number of benzene rings is 1. The number of anilines is 3. The van der Waals surface area contributed by atoms with Gasteiger partial charge in [0.1, 0.15) is 36.3 Å². The zero-order chi connectivity index (χ0) is 28.6. The Kier molecular flexibility index (Phi) is 6.78. The smallest absolute Gasteiger partial charge is 0.246 e. The van der Waals surface area contributed by atoms with E-state index in [4.69, 9.17) is 14.5 Å². The van der Waals surface area contributed by atoms with Crippen LogP contribution in [0.1, 0.15) is 5.56 Å². The van der Waals surface area contributed by atoms with Crippen LogP contribution >= 0.6 is 15.9 Å². The normalized spacial score (nSPS) is 16.4. The summed E-state index contributed by atoms with van der Waals surface area (Å²) in [6.45, 7) is 4.26. The van der Waals surface area contributed by atoms with Gasteiger partial charge in [-0.15, -0.1) is 0 Å². The topological polar surface area (TPSA) is 123 Å². The van der Waals surface area contributed by atoms with Gasteiger partial charge in [0, 0.05) is 49.0 Å². The van der Waals surface area contributed by atoms with Gasteiger partial charge >= 0.3 is 0 Å². The number of piperazine rings is 1. The molecule has 2 aliphatic rings. The summed E-state index contributed by atoms with van der Waals surface area (Å²) < 4.78 is 14.0. The predicted octanol–water partition coefficient (Wildman–Crippen LogP) is 4.27. The van der Waals surface area contributed by atoms with E-state index in [2.05, 4.69) is 46.2 Å². The van der Waals surface area contributed by atoms with E-state index < -0.39 is 0 Å². The fraction of sp³-hybridized carbons (Fsp3) is 0.241. The minimum absolute atomic E-state index is 0.00719. The Hall–Kier alpha value is -4.78. The van der Waals surface area contributed by atoms with Gasteiger partial charge < -0.3 is 24.6 Å². The number of alkyl halides is 1. The molecule has 1 aromatic carbocycles. The van der Waals surface area contributed by atoms with Crippen LogP contribution in [0.5, 0.6) is 17.2 Å². The molecule has 6 heterocycles. The molecule has 2 aliphatic heterocycles. The lowest BCUT2D eigenvalue weighted by atomic mass is 10.1. The molecule has 4 aromatic heterocycles. The van der Waals surface area contributed by atoms with Crippen LogP contribution < -0.4 is 19.7 Å².